The second kappa shape index (κ2) is 7.79. The van der Waals surface area contributed by atoms with E-state index >= 15 is 0 Å². The minimum Gasteiger partial charge on any atom is -0.495 e. The van der Waals surface area contributed by atoms with E-state index in [4.69, 9.17) is 10.5 Å². The van der Waals surface area contributed by atoms with Gasteiger partial charge in [-0.25, -0.2) is 9.97 Å². The number of anilines is 4. The van der Waals surface area contributed by atoms with Crippen molar-refractivity contribution in [3.05, 3.63) is 72.6 Å². The van der Waals surface area contributed by atoms with E-state index in [9.17, 15) is 0 Å². The maximum atomic E-state index is 6.08. The molecule has 0 saturated carbocycles. The standard InChI is InChI=1S/C21H20N6O/c1-28-16-5-8-19(24-13-16)26-20-9-6-17(22)21(27-20)25-12-14-4-7-18-15(11-14)3-2-10-23-18/h2-11,13H,12,22H2,1H3,(H2,24,25,26,27). The average molecular weight is 372 g/mol. The molecule has 0 atom stereocenters. The Labute approximate surface area is 162 Å². The molecule has 0 radical (unpaired) electrons. The first-order valence-corrected chi connectivity index (χ1v) is 8.82. The van der Waals surface area contributed by atoms with Crippen LogP contribution in [0.5, 0.6) is 5.75 Å². The SMILES string of the molecule is COc1ccc(Nc2ccc(N)c(NCc3ccc4ncccc4c3)n2)nc1. The van der Waals surface area contributed by atoms with Crippen LogP contribution in [0.25, 0.3) is 10.9 Å². The van der Waals surface area contributed by atoms with Gasteiger partial charge in [-0.1, -0.05) is 12.1 Å². The lowest BCUT2D eigenvalue weighted by Crippen LogP contribution is -2.06. The maximum absolute atomic E-state index is 6.08. The van der Waals surface area contributed by atoms with Gasteiger partial charge >= 0.3 is 0 Å². The van der Waals surface area contributed by atoms with Crippen molar-refractivity contribution in [2.45, 2.75) is 6.54 Å². The molecule has 0 aliphatic heterocycles. The zero-order valence-corrected chi connectivity index (χ0v) is 15.4. The van der Waals surface area contributed by atoms with E-state index in [0.29, 0.717) is 35.4 Å². The lowest BCUT2D eigenvalue weighted by molar-refractivity contribution is 0.413. The number of fused-ring (bicyclic) bond motifs is 1. The highest BCUT2D eigenvalue weighted by Crippen LogP contribution is 2.22. The number of aromatic nitrogens is 3. The van der Waals surface area contributed by atoms with Gasteiger partial charge in [0.1, 0.15) is 17.4 Å². The third kappa shape index (κ3) is 3.93. The van der Waals surface area contributed by atoms with E-state index in [1.807, 2.05) is 48.5 Å². The predicted molar refractivity (Wildman–Crippen MR) is 112 cm³/mol. The summed E-state index contributed by atoms with van der Waals surface area (Å²) in [5, 5.41) is 7.57. The molecule has 1 aromatic carbocycles. The first-order valence-electron chi connectivity index (χ1n) is 8.82. The van der Waals surface area contributed by atoms with Crippen LogP contribution in [0.15, 0.2) is 67.0 Å². The molecule has 3 heterocycles. The Morgan fingerprint density at radius 3 is 2.71 bits per heavy atom. The molecule has 0 bridgehead atoms. The lowest BCUT2D eigenvalue weighted by atomic mass is 10.1. The quantitative estimate of drug-likeness (QED) is 0.471. The van der Waals surface area contributed by atoms with Crippen molar-refractivity contribution in [1.82, 2.24) is 15.0 Å². The molecule has 0 unspecified atom stereocenters. The van der Waals surface area contributed by atoms with Gasteiger partial charge in [0.25, 0.3) is 0 Å². The number of nitrogen functional groups attached to an aromatic ring is 1. The summed E-state index contributed by atoms with van der Waals surface area (Å²) in [4.78, 5) is 13.2. The highest BCUT2D eigenvalue weighted by molar-refractivity contribution is 5.79. The number of nitrogens with two attached hydrogens (primary N) is 1. The van der Waals surface area contributed by atoms with Crippen molar-refractivity contribution in [2.24, 2.45) is 0 Å². The zero-order chi connectivity index (χ0) is 19.3. The van der Waals surface area contributed by atoms with Crippen molar-refractivity contribution in [3.63, 3.8) is 0 Å². The van der Waals surface area contributed by atoms with Gasteiger partial charge in [-0.3, -0.25) is 4.98 Å². The second-order valence-electron chi connectivity index (χ2n) is 6.23. The number of rotatable bonds is 6. The van der Waals surface area contributed by atoms with Crippen LogP contribution in [-0.4, -0.2) is 22.1 Å². The first-order chi connectivity index (χ1) is 13.7. The number of pyridine rings is 3. The number of benzene rings is 1. The maximum Gasteiger partial charge on any atom is 0.151 e. The van der Waals surface area contributed by atoms with Crippen LogP contribution >= 0.6 is 0 Å². The largest absolute Gasteiger partial charge is 0.495 e. The molecular weight excluding hydrogens is 352 g/mol. The fraction of sp³-hybridized carbons (Fsp3) is 0.0952. The van der Waals surface area contributed by atoms with E-state index in [-0.39, 0.29) is 0 Å². The molecule has 140 valence electrons. The van der Waals surface area contributed by atoms with Crippen LogP contribution in [0, 0.1) is 0 Å². The summed E-state index contributed by atoms with van der Waals surface area (Å²) < 4.78 is 5.12. The monoisotopic (exact) mass is 372 g/mol. The molecular formula is C21H20N6O. The van der Waals surface area contributed by atoms with Crippen molar-refractivity contribution in [2.75, 3.05) is 23.5 Å². The smallest absolute Gasteiger partial charge is 0.151 e. The molecule has 4 aromatic rings. The Balaban J connectivity index is 1.48. The van der Waals surface area contributed by atoms with Crippen molar-refractivity contribution >= 4 is 34.0 Å². The van der Waals surface area contributed by atoms with Crippen molar-refractivity contribution in [3.8, 4) is 5.75 Å². The van der Waals surface area contributed by atoms with Gasteiger partial charge in [-0.05, 0) is 48.0 Å². The molecule has 4 rings (SSSR count). The Hall–Kier alpha value is -3.87. The highest BCUT2D eigenvalue weighted by Gasteiger charge is 2.05. The van der Waals surface area contributed by atoms with Gasteiger partial charge < -0.3 is 21.1 Å². The number of hydrogen-bond acceptors (Lipinski definition) is 7. The third-order valence-corrected chi connectivity index (χ3v) is 4.28. The molecule has 0 aliphatic carbocycles. The predicted octanol–water partition coefficient (Wildman–Crippen LogP) is 3.97. The molecule has 0 amide bonds. The summed E-state index contributed by atoms with van der Waals surface area (Å²) >= 11 is 0. The average Bonchev–Trinajstić information content (AvgIpc) is 2.74. The van der Waals surface area contributed by atoms with Gasteiger partial charge in [-0.15, -0.1) is 0 Å². The van der Waals surface area contributed by atoms with E-state index in [0.717, 1.165) is 16.5 Å². The van der Waals surface area contributed by atoms with Gasteiger partial charge in [0, 0.05) is 18.1 Å². The second-order valence-corrected chi connectivity index (χ2v) is 6.23. The molecule has 3 aromatic heterocycles. The number of ether oxygens (including phenoxy) is 1. The minimum atomic E-state index is 0.579. The summed E-state index contributed by atoms with van der Waals surface area (Å²) in [5.74, 6) is 2.64. The molecule has 28 heavy (non-hydrogen) atoms. The Bertz CT molecular complexity index is 1100. The van der Waals surface area contributed by atoms with Crippen LogP contribution in [-0.2, 0) is 6.54 Å². The minimum absolute atomic E-state index is 0.579. The zero-order valence-electron chi connectivity index (χ0n) is 15.4. The summed E-state index contributed by atoms with van der Waals surface area (Å²) in [5.41, 5.74) is 8.76. The number of nitrogens with one attached hydrogen (secondary N) is 2. The van der Waals surface area contributed by atoms with Crippen LogP contribution in [0.2, 0.25) is 0 Å². The third-order valence-electron chi connectivity index (χ3n) is 4.28. The summed E-state index contributed by atoms with van der Waals surface area (Å²) in [6.07, 6.45) is 3.44. The Morgan fingerprint density at radius 2 is 1.89 bits per heavy atom. The fourth-order valence-corrected chi connectivity index (χ4v) is 2.81. The normalized spacial score (nSPS) is 10.6. The van der Waals surface area contributed by atoms with Gasteiger partial charge in [0.05, 0.1) is 24.5 Å². The van der Waals surface area contributed by atoms with Crippen LogP contribution in [0.3, 0.4) is 0 Å². The molecule has 7 nitrogen and oxygen atoms in total. The van der Waals surface area contributed by atoms with Gasteiger partial charge in [0.2, 0.25) is 0 Å². The van der Waals surface area contributed by atoms with E-state index in [1.54, 1.807) is 19.5 Å². The van der Waals surface area contributed by atoms with E-state index in [1.165, 1.54) is 0 Å². The first kappa shape index (κ1) is 17.5. The number of methoxy groups -OCH3 is 1. The molecule has 7 heteroatoms. The van der Waals surface area contributed by atoms with Crippen molar-refractivity contribution in [1.29, 1.82) is 0 Å². The van der Waals surface area contributed by atoms with E-state index in [2.05, 4.69) is 31.7 Å². The van der Waals surface area contributed by atoms with Crippen molar-refractivity contribution < 1.29 is 4.74 Å². The topological polar surface area (TPSA) is 98.0 Å². The number of nitrogens with zero attached hydrogens (tertiary/aromatic N) is 3. The molecule has 0 spiro atoms. The Kier molecular flexibility index (Phi) is 4.88. The summed E-state index contributed by atoms with van der Waals surface area (Å²) in [7, 11) is 1.61. The Morgan fingerprint density at radius 1 is 1.00 bits per heavy atom. The summed E-state index contributed by atoms with van der Waals surface area (Å²) in [6.45, 7) is 0.603. The summed E-state index contributed by atoms with van der Waals surface area (Å²) in [6, 6.07) is 17.4. The molecule has 0 saturated heterocycles. The van der Waals surface area contributed by atoms with Crippen LogP contribution in [0.1, 0.15) is 5.56 Å². The van der Waals surface area contributed by atoms with Crippen LogP contribution in [0.4, 0.5) is 23.1 Å². The highest BCUT2D eigenvalue weighted by atomic mass is 16.5. The fourth-order valence-electron chi connectivity index (χ4n) is 2.81. The van der Waals surface area contributed by atoms with E-state index < -0.39 is 0 Å². The van der Waals surface area contributed by atoms with Gasteiger partial charge in [0.15, 0.2) is 5.82 Å². The van der Waals surface area contributed by atoms with Gasteiger partial charge in [-0.2, -0.15) is 0 Å². The van der Waals surface area contributed by atoms with Crippen LogP contribution < -0.4 is 21.1 Å². The molecule has 4 N–H and O–H groups in total. The lowest BCUT2D eigenvalue weighted by Gasteiger charge is -2.12. The number of hydrogen-bond donors (Lipinski definition) is 3. The molecule has 0 fully saturated rings. The molecule has 0 aliphatic rings.